The Hall–Kier alpha value is -2.23. The first-order chi connectivity index (χ1) is 18.8. The van der Waals surface area contributed by atoms with E-state index in [0.29, 0.717) is 57.5 Å². The van der Waals surface area contributed by atoms with Gasteiger partial charge < -0.3 is 29.8 Å². The number of likely N-dealkylation sites (tertiary alicyclic amines) is 1. The predicted molar refractivity (Wildman–Crippen MR) is 148 cm³/mol. The molecule has 9 heteroatoms. The topological polar surface area (TPSA) is 87.0 Å². The zero-order chi connectivity index (χ0) is 27.9. The second-order valence-electron chi connectivity index (χ2n) is 11.5. The van der Waals surface area contributed by atoms with Crippen LogP contribution in [0.2, 0.25) is 0 Å². The number of likely N-dealkylation sites (N-methyl/N-ethyl adjacent to an activating group) is 1. The largest absolute Gasteiger partial charge is 0.464 e. The standard InChI is InChI=1S/C30H45F2N3O4/c1-33-20-25(19-22-10-14-29(31,32)15-11-22)34-28(36)35-16-6-8-24(21-35)30(37,13-3-4-17-38-2)26-9-5-7-23-12-18-39-27(23)26/h5,7,9,12,18,22,24-25,33,37H,3-4,6,8,10-11,13-17,19-21H2,1-2H3,(H,34,36). The first-order valence-corrected chi connectivity index (χ1v) is 14.5. The molecule has 2 heterocycles. The lowest BCUT2D eigenvalue weighted by Gasteiger charge is -2.43. The highest BCUT2D eigenvalue weighted by molar-refractivity contribution is 5.81. The number of nitrogens with one attached hydrogen (secondary N) is 2. The molecular weight excluding hydrogens is 504 g/mol. The van der Waals surface area contributed by atoms with Crippen LogP contribution >= 0.6 is 0 Å². The average molecular weight is 550 g/mol. The van der Waals surface area contributed by atoms with Crippen molar-refractivity contribution < 1.29 is 27.8 Å². The van der Waals surface area contributed by atoms with E-state index in [9.17, 15) is 18.7 Å². The molecule has 39 heavy (non-hydrogen) atoms. The third-order valence-corrected chi connectivity index (χ3v) is 8.72. The highest BCUT2D eigenvalue weighted by Crippen LogP contribution is 2.43. The molecule has 1 aromatic carbocycles. The van der Waals surface area contributed by atoms with E-state index in [1.807, 2.05) is 36.2 Å². The lowest BCUT2D eigenvalue weighted by atomic mass is 9.73. The number of hydrogen-bond donors (Lipinski definition) is 3. The number of furan rings is 1. The van der Waals surface area contributed by atoms with E-state index in [0.717, 1.165) is 36.6 Å². The van der Waals surface area contributed by atoms with Crippen molar-refractivity contribution in [2.24, 2.45) is 11.8 Å². The monoisotopic (exact) mass is 549 g/mol. The molecule has 1 saturated carbocycles. The Balaban J connectivity index is 1.46. The number of nitrogens with zero attached hydrogens (tertiary/aromatic N) is 1. The first-order valence-electron chi connectivity index (χ1n) is 14.5. The average Bonchev–Trinajstić information content (AvgIpc) is 3.41. The number of urea groups is 1. The summed E-state index contributed by atoms with van der Waals surface area (Å²) >= 11 is 0. The second kappa shape index (κ2) is 13.4. The van der Waals surface area contributed by atoms with Crippen LogP contribution in [0.5, 0.6) is 0 Å². The van der Waals surface area contributed by atoms with Gasteiger partial charge in [0.25, 0.3) is 0 Å². The third kappa shape index (κ3) is 7.50. The molecular formula is C30H45F2N3O4. The van der Waals surface area contributed by atoms with Gasteiger partial charge in [-0.3, -0.25) is 0 Å². The molecule has 2 aliphatic rings. The maximum Gasteiger partial charge on any atom is 0.317 e. The molecule has 2 aromatic rings. The zero-order valence-electron chi connectivity index (χ0n) is 23.4. The van der Waals surface area contributed by atoms with Crippen LogP contribution < -0.4 is 10.6 Å². The number of carbonyl (C=O) groups excluding carboxylic acids is 1. The molecule has 1 aliphatic carbocycles. The van der Waals surface area contributed by atoms with Crippen molar-refractivity contribution in [2.45, 2.75) is 81.8 Å². The Kier molecular flexibility index (Phi) is 10.2. The fraction of sp³-hybridized carbons (Fsp3) is 0.700. The number of aliphatic hydroxyl groups is 1. The van der Waals surface area contributed by atoms with Crippen molar-refractivity contribution in [3.8, 4) is 0 Å². The molecule has 0 bridgehead atoms. The normalized spacial score (nSPS) is 22.5. The van der Waals surface area contributed by atoms with Gasteiger partial charge in [-0.25, -0.2) is 13.6 Å². The summed E-state index contributed by atoms with van der Waals surface area (Å²) in [4.78, 5) is 15.3. The number of alkyl halides is 2. The van der Waals surface area contributed by atoms with Gasteiger partial charge >= 0.3 is 6.03 Å². The molecule has 3 N–H and O–H groups in total. The van der Waals surface area contributed by atoms with Crippen LogP contribution in [0.1, 0.15) is 69.8 Å². The molecule has 2 fully saturated rings. The summed E-state index contributed by atoms with van der Waals surface area (Å²) < 4.78 is 38.3. The van der Waals surface area contributed by atoms with Crippen LogP contribution in [-0.2, 0) is 10.3 Å². The van der Waals surface area contributed by atoms with E-state index in [1.165, 1.54) is 0 Å². The Labute approximate surface area is 230 Å². The summed E-state index contributed by atoms with van der Waals surface area (Å²) in [6, 6.07) is 7.48. The maximum atomic E-state index is 13.6. The number of unbranched alkanes of at least 4 members (excludes halogenated alkanes) is 1. The van der Waals surface area contributed by atoms with E-state index in [1.54, 1.807) is 13.4 Å². The van der Waals surface area contributed by atoms with Crippen molar-refractivity contribution in [1.29, 1.82) is 0 Å². The fourth-order valence-corrected chi connectivity index (χ4v) is 6.53. The number of amides is 2. The van der Waals surface area contributed by atoms with Crippen LogP contribution in [0, 0.1) is 11.8 Å². The molecule has 2 amide bonds. The Morgan fingerprint density at radius 3 is 2.79 bits per heavy atom. The summed E-state index contributed by atoms with van der Waals surface area (Å²) in [5, 5.41) is 19.6. The lowest BCUT2D eigenvalue weighted by molar-refractivity contribution is -0.0561. The van der Waals surface area contributed by atoms with Crippen molar-refractivity contribution in [3.63, 3.8) is 0 Å². The minimum atomic E-state index is -2.55. The van der Waals surface area contributed by atoms with Gasteiger partial charge in [0.15, 0.2) is 0 Å². The van der Waals surface area contributed by atoms with Crippen LogP contribution in [0.3, 0.4) is 0 Å². The van der Waals surface area contributed by atoms with Crippen molar-refractivity contribution in [2.75, 3.05) is 40.4 Å². The molecule has 7 nitrogen and oxygen atoms in total. The van der Waals surface area contributed by atoms with Gasteiger partial charge in [-0.1, -0.05) is 18.2 Å². The highest BCUT2D eigenvalue weighted by atomic mass is 19.3. The predicted octanol–water partition coefficient (Wildman–Crippen LogP) is 5.66. The number of ether oxygens (including phenoxy) is 1. The molecule has 3 atom stereocenters. The van der Waals surface area contributed by atoms with Gasteiger partial charge in [0, 0.05) is 69.1 Å². The summed E-state index contributed by atoms with van der Waals surface area (Å²) in [6.07, 6.45) is 6.93. The maximum absolute atomic E-state index is 13.6. The highest BCUT2D eigenvalue weighted by Gasteiger charge is 2.43. The third-order valence-electron chi connectivity index (χ3n) is 8.72. The van der Waals surface area contributed by atoms with Gasteiger partial charge in [0.1, 0.15) is 5.58 Å². The minimum absolute atomic E-state index is 0.0723. The number of methoxy groups -OCH3 is 1. The van der Waals surface area contributed by atoms with E-state index in [4.69, 9.17) is 9.15 Å². The Morgan fingerprint density at radius 1 is 1.26 bits per heavy atom. The van der Waals surface area contributed by atoms with Crippen molar-refractivity contribution in [1.82, 2.24) is 15.5 Å². The van der Waals surface area contributed by atoms with E-state index in [-0.39, 0.29) is 36.8 Å². The van der Waals surface area contributed by atoms with Gasteiger partial charge in [0.2, 0.25) is 5.92 Å². The number of rotatable bonds is 12. The molecule has 0 radical (unpaired) electrons. The summed E-state index contributed by atoms with van der Waals surface area (Å²) in [5.74, 6) is -2.52. The Morgan fingerprint density at radius 2 is 2.05 bits per heavy atom. The van der Waals surface area contributed by atoms with Crippen LogP contribution in [-0.4, -0.2) is 68.4 Å². The molecule has 1 aromatic heterocycles. The smallest absolute Gasteiger partial charge is 0.317 e. The van der Waals surface area contributed by atoms with Crippen molar-refractivity contribution in [3.05, 3.63) is 36.1 Å². The van der Waals surface area contributed by atoms with Gasteiger partial charge in [-0.2, -0.15) is 0 Å². The number of para-hydroxylation sites is 1. The minimum Gasteiger partial charge on any atom is -0.464 e. The summed E-state index contributed by atoms with van der Waals surface area (Å²) in [5.41, 5.74) is 0.319. The molecule has 0 spiro atoms. The van der Waals surface area contributed by atoms with Crippen molar-refractivity contribution >= 4 is 17.0 Å². The number of halogens is 2. The van der Waals surface area contributed by atoms with Gasteiger partial charge in [-0.15, -0.1) is 0 Å². The van der Waals surface area contributed by atoms with Crippen LogP contribution in [0.15, 0.2) is 34.9 Å². The lowest BCUT2D eigenvalue weighted by Crippen LogP contribution is -2.54. The molecule has 218 valence electrons. The van der Waals surface area contributed by atoms with Gasteiger partial charge in [0.05, 0.1) is 11.9 Å². The van der Waals surface area contributed by atoms with E-state index < -0.39 is 11.5 Å². The number of benzene rings is 1. The SMILES string of the molecule is CNCC(CC1CCC(F)(F)CC1)NC(=O)N1CCCC(C(O)(CCCCOC)c2cccc3ccoc23)C1. The number of fused-ring (bicyclic) bond motifs is 1. The number of carbonyl (C=O) groups is 1. The fourth-order valence-electron chi connectivity index (χ4n) is 6.53. The number of piperidine rings is 1. The number of hydrogen-bond acceptors (Lipinski definition) is 5. The quantitative estimate of drug-likeness (QED) is 0.297. The first kappa shape index (κ1) is 29.7. The summed E-state index contributed by atoms with van der Waals surface area (Å²) in [6.45, 7) is 2.27. The molecule has 3 unspecified atom stereocenters. The second-order valence-corrected chi connectivity index (χ2v) is 11.5. The van der Waals surface area contributed by atoms with E-state index in [2.05, 4.69) is 10.6 Å². The van der Waals surface area contributed by atoms with Gasteiger partial charge in [-0.05, 0) is 70.4 Å². The van der Waals surface area contributed by atoms with Crippen LogP contribution in [0.25, 0.3) is 11.0 Å². The Bertz CT molecular complexity index is 1050. The zero-order valence-corrected chi connectivity index (χ0v) is 23.4. The molecule has 1 aliphatic heterocycles. The van der Waals surface area contributed by atoms with Crippen LogP contribution in [0.4, 0.5) is 13.6 Å². The van der Waals surface area contributed by atoms with E-state index >= 15 is 0 Å². The summed E-state index contributed by atoms with van der Waals surface area (Å²) in [7, 11) is 3.52. The molecule has 1 saturated heterocycles. The molecule has 4 rings (SSSR count).